The van der Waals surface area contributed by atoms with E-state index in [9.17, 15) is 79.2 Å². The highest BCUT2D eigenvalue weighted by atomic mass is 32.2. The van der Waals surface area contributed by atoms with Crippen LogP contribution in [-0.4, -0.2) is 223 Å². The van der Waals surface area contributed by atoms with Crippen molar-refractivity contribution in [2.45, 2.75) is 112 Å². The van der Waals surface area contributed by atoms with Crippen molar-refractivity contribution in [3.63, 3.8) is 0 Å². The fourth-order valence-corrected chi connectivity index (χ4v) is 14.7. The second kappa shape index (κ2) is 34.1. The number of carboxylic acid groups (broad SMARTS) is 2. The number of nitrogens with one attached hydrogen (secondary N) is 6. The minimum Gasteiger partial charge on any atom is -0.477 e. The third-order valence-electron chi connectivity index (χ3n) is 14.1. The molecule has 2 aliphatic heterocycles. The molecule has 6 amide bonds. The minimum absolute atomic E-state index is 0.178. The maximum atomic E-state index is 12.9. The zero-order valence-electron chi connectivity index (χ0n) is 48.7. The molecule has 2 aliphatic rings. The average Bonchev–Trinajstić information content (AvgIpc) is 0.997. The molecule has 6 heterocycles. The van der Waals surface area contributed by atoms with Gasteiger partial charge in [0.2, 0.25) is 11.8 Å². The Bertz CT molecular complexity index is 2980. The first-order chi connectivity index (χ1) is 43.0. The monoisotopic (exact) mass is 1360 g/mol. The van der Waals surface area contributed by atoms with Gasteiger partial charge in [0.1, 0.15) is 24.4 Å². The van der Waals surface area contributed by atoms with Gasteiger partial charge in [-0.1, -0.05) is 12.1 Å². The maximum Gasteiger partial charge on any atom is 0.364 e. The second-order valence-electron chi connectivity index (χ2n) is 20.8. The Labute approximate surface area is 541 Å². The highest BCUT2D eigenvalue weighted by Gasteiger charge is 2.57. The molecule has 26 nitrogen and oxygen atoms in total. The SMILES string of the molecule is CC(=O)N[C@H]1[C@H]([C@H](O)[C@H](O)CNC(=O)c2ccc(-c3cccs3)s2)O[C@@](OCCCSCCNC(=O)c2ccc(C(=O)NCCSCCCO[C@]3(C(=O)O)C[C@H](O)[C@@H](NC(C)=O)[C@H]([C@H](O)[C@H](O)CNC(=O)c4ccc(-c5cccs5)s4)O3)cc2)(C(=O)O)C[C@@H]1O. The van der Waals surface area contributed by atoms with Crippen molar-refractivity contribution in [2.75, 3.05) is 62.4 Å². The number of ether oxygens (including phenoxy) is 4. The fraction of sp³-hybridized carbons (Fsp3) is 0.483. The van der Waals surface area contributed by atoms with Crippen molar-refractivity contribution in [3.8, 4) is 19.5 Å². The van der Waals surface area contributed by atoms with Crippen LogP contribution < -0.4 is 31.9 Å². The largest absolute Gasteiger partial charge is 0.477 e. The molecule has 0 unspecified atom stereocenters. The van der Waals surface area contributed by atoms with E-state index in [1.165, 1.54) is 93.1 Å². The normalized spacial score (nSPS) is 22.9. The molecule has 7 rings (SSSR count). The van der Waals surface area contributed by atoms with Gasteiger partial charge in [0.25, 0.3) is 35.2 Å². The van der Waals surface area contributed by atoms with E-state index >= 15 is 0 Å². The Morgan fingerprint density at radius 2 is 0.933 bits per heavy atom. The van der Waals surface area contributed by atoms with Gasteiger partial charge in [-0.05, 0) is 95.8 Å². The predicted molar refractivity (Wildman–Crippen MR) is 338 cm³/mol. The quantitative estimate of drug-likeness (QED) is 0.0262. The summed E-state index contributed by atoms with van der Waals surface area (Å²) in [6.07, 6.45) is -14.6. The topological polar surface area (TPSA) is 408 Å². The zero-order chi connectivity index (χ0) is 65.1. The number of benzene rings is 1. The van der Waals surface area contributed by atoms with E-state index in [2.05, 4.69) is 31.9 Å². The number of carbonyl (C=O) groups is 8. The lowest BCUT2D eigenvalue weighted by molar-refractivity contribution is -0.310. The summed E-state index contributed by atoms with van der Waals surface area (Å²) in [4.78, 5) is 106. The molecule has 0 saturated carbocycles. The van der Waals surface area contributed by atoms with E-state index in [0.717, 1.165) is 33.4 Å². The number of hydrogen-bond donors (Lipinski definition) is 14. The summed E-state index contributed by atoms with van der Waals surface area (Å²) in [6, 6.07) is 17.7. The van der Waals surface area contributed by atoms with Crippen molar-refractivity contribution in [1.82, 2.24) is 31.9 Å². The summed E-state index contributed by atoms with van der Waals surface area (Å²) in [5.74, 6) is -9.49. The number of aliphatic hydroxyl groups is 6. The molecular weight excluding hydrogens is 1290 g/mol. The lowest BCUT2D eigenvalue weighted by Gasteiger charge is -2.46. The number of rotatable bonds is 34. The van der Waals surface area contributed by atoms with Gasteiger partial charge < -0.3 is 91.7 Å². The average molecular weight is 1370 g/mol. The molecule has 90 heavy (non-hydrogen) atoms. The van der Waals surface area contributed by atoms with Gasteiger partial charge in [-0.3, -0.25) is 28.8 Å². The van der Waals surface area contributed by atoms with E-state index < -0.39 is 146 Å². The van der Waals surface area contributed by atoms with Crippen molar-refractivity contribution in [1.29, 1.82) is 0 Å². The van der Waals surface area contributed by atoms with Crippen LogP contribution in [0, 0.1) is 0 Å². The molecule has 490 valence electrons. The van der Waals surface area contributed by atoms with Crippen LogP contribution in [0.5, 0.6) is 0 Å². The molecule has 4 aromatic heterocycles. The van der Waals surface area contributed by atoms with E-state index in [1.807, 2.05) is 35.0 Å². The first-order valence-electron chi connectivity index (χ1n) is 28.4. The Morgan fingerprint density at radius 3 is 1.28 bits per heavy atom. The van der Waals surface area contributed by atoms with Gasteiger partial charge in [0.05, 0.1) is 59.5 Å². The number of amides is 6. The van der Waals surface area contributed by atoms with Gasteiger partial charge in [-0.25, -0.2) is 9.59 Å². The summed E-state index contributed by atoms with van der Waals surface area (Å²) >= 11 is 8.32. The van der Waals surface area contributed by atoms with Gasteiger partial charge in [0.15, 0.2) is 0 Å². The van der Waals surface area contributed by atoms with Crippen LogP contribution in [0.4, 0.5) is 0 Å². The van der Waals surface area contributed by atoms with E-state index in [4.69, 9.17) is 18.9 Å². The molecule has 2 saturated heterocycles. The standard InChI is InChI=1S/C58H72N6O20S6/c1-31(65)63-45-35(67)27-57(55(77)78,83-49(45)47(71)37(69)29-61-53(75)43-15-13-41(89-43)39-7-3-23-87-39)81-19-5-21-85-25-17-59-51(73)33-9-11-34(12-10-33)52(74)60-18-26-86-22-6-20-82-58(56(79)80)28-36(68)46(64-32(2)66)50(84-58)48(72)38(70)30-62-54(76)44-16-14-42(90-44)40-8-4-24-88-40/h3-4,7-16,23-24,35-38,45-50,67-72H,5-6,17-22,25-30H2,1-2H3,(H,59,73)(H,60,74)(H,61,75)(H,62,76)(H,63,65)(H,64,66)(H,77,78)(H,79,80)/t35-,36-,37+,38+,45+,46+,47+,48+,49+,50+,57+,58+/m0/s1. The third kappa shape index (κ3) is 19.6. The predicted octanol–water partition coefficient (Wildman–Crippen LogP) is 2.18. The number of carbonyl (C=O) groups excluding carboxylic acids is 6. The van der Waals surface area contributed by atoms with E-state index in [1.54, 1.807) is 24.3 Å². The smallest absolute Gasteiger partial charge is 0.364 e. The minimum atomic E-state index is -2.48. The van der Waals surface area contributed by atoms with E-state index in [0.29, 0.717) is 56.7 Å². The van der Waals surface area contributed by atoms with Crippen molar-refractivity contribution < 1.29 is 98.2 Å². The van der Waals surface area contributed by atoms with Gasteiger partial charge in [-0.15, -0.1) is 45.3 Å². The van der Waals surface area contributed by atoms with Crippen LogP contribution >= 0.6 is 68.9 Å². The Hall–Kier alpha value is -5.92. The van der Waals surface area contributed by atoms with Crippen LogP contribution in [0.3, 0.4) is 0 Å². The van der Waals surface area contributed by atoms with Crippen molar-refractivity contribution in [3.05, 3.63) is 104 Å². The number of thiophene rings is 4. The van der Waals surface area contributed by atoms with E-state index in [-0.39, 0.29) is 26.3 Å². The lowest BCUT2D eigenvalue weighted by atomic mass is 9.88. The maximum absolute atomic E-state index is 12.9. The van der Waals surface area contributed by atoms with Crippen LogP contribution in [0.15, 0.2) is 83.6 Å². The first-order valence-corrected chi connectivity index (χ1v) is 34.1. The summed E-state index contributed by atoms with van der Waals surface area (Å²) < 4.78 is 23.1. The molecule has 32 heteroatoms. The van der Waals surface area contributed by atoms with Crippen LogP contribution in [0.25, 0.3) is 19.5 Å². The Kier molecular flexibility index (Phi) is 27.1. The molecule has 12 atom stereocenters. The van der Waals surface area contributed by atoms with Crippen molar-refractivity contribution in [2.24, 2.45) is 0 Å². The molecule has 1 aromatic carbocycles. The molecular formula is C58H72N6O20S6. The Morgan fingerprint density at radius 1 is 0.544 bits per heavy atom. The van der Waals surface area contributed by atoms with Crippen LogP contribution in [-0.2, 0) is 38.1 Å². The number of carboxylic acids is 2. The van der Waals surface area contributed by atoms with Gasteiger partial charge >= 0.3 is 11.9 Å². The zero-order valence-corrected chi connectivity index (χ0v) is 53.6. The van der Waals surface area contributed by atoms with Gasteiger partial charge in [-0.2, -0.15) is 23.5 Å². The third-order valence-corrected chi connectivity index (χ3v) is 20.6. The number of hydrogen-bond acceptors (Lipinski definition) is 24. The highest BCUT2D eigenvalue weighted by Crippen LogP contribution is 2.37. The molecule has 0 bridgehead atoms. The second-order valence-corrected chi connectivity index (χ2v) is 27.3. The number of thioether (sulfide) groups is 2. The number of aliphatic hydroxyl groups excluding tert-OH is 6. The lowest BCUT2D eigenvalue weighted by Crippen LogP contribution is -2.68. The molecule has 0 spiro atoms. The van der Waals surface area contributed by atoms with Crippen LogP contribution in [0.2, 0.25) is 0 Å². The highest BCUT2D eigenvalue weighted by molar-refractivity contribution is 7.99. The molecule has 0 radical (unpaired) electrons. The molecule has 0 aliphatic carbocycles. The molecule has 2 fully saturated rings. The summed E-state index contributed by atoms with van der Waals surface area (Å²) in [6.45, 7) is 1.48. The molecule has 14 N–H and O–H groups in total. The molecule has 5 aromatic rings. The summed E-state index contributed by atoms with van der Waals surface area (Å²) in [5, 5.41) is 107. The Balaban J connectivity index is 0.770. The van der Waals surface area contributed by atoms with Crippen molar-refractivity contribution >= 4 is 116 Å². The summed E-state index contributed by atoms with van der Waals surface area (Å²) in [5.41, 5.74) is 0.599. The fourth-order valence-electron chi connectivity index (χ4n) is 9.62. The first kappa shape index (κ1) is 71.5. The van der Waals surface area contributed by atoms with Gasteiger partial charge in [0, 0.05) is 95.0 Å². The van der Waals surface area contributed by atoms with Crippen LogP contribution in [0.1, 0.15) is 79.6 Å². The number of aliphatic carboxylic acids is 2. The summed E-state index contributed by atoms with van der Waals surface area (Å²) in [7, 11) is 0.